The Kier molecular flexibility index (Phi) is 4.37. The van der Waals surface area contributed by atoms with Crippen molar-refractivity contribution in [3.8, 4) is 0 Å². The Hall–Kier alpha value is -1.62. The monoisotopic (exact) mass is 262 g/mol. The molecule has 0 saturated carbocycles. The summed E-state index contributed by atoms with van der Waals surface area (Å²) in [4.78, 5) is 18.3. The van der Waals surface area contributed by atoms with Gasteiger partial charge in [-0.15, -0.1) is 0 Å². The maximum atomic E-state index is 11.7. The van der Waals surface area contributed by atoms with E-state index in [4.69, 9.17) is 5.73 Å². The molecular weight excluding hydrogens is 240 g/mol. The largest absolute Gasteiger partial charge is 0.365 e. The second kappa shape index (κ2) is 6.02. The van der Waals surface area contributed by atoms with Crippen molar-refractivity contribution in [2.45, 2.75) is 32.2 Å². The van der Waals surface area contributed by atoms with Crippen molar-refractivity contribution in [3.05, 3.63) is 23.4 Å². The normalized spacial score (nSPS) is 19.5. The van der Waals surface area contributed by atoms with Gasteiger partial charge in [-0.3, -0.25) is 4.79 Å². The Morgan fingerprint density at radius 1 is 1.58 bits per heavy atom. The number of rotatable bonds is 4. The summed E-state index contributed by atoms with van der Waals surface area (Å²) in [5.41, 5.74) is 6.98. The van der Waals surface area contributed by atoms with Gasteiger partial charge in [-0.1, -0.05) is 0 Å². The summed E-state index contributed by atoms with van der Waals surface area (Å²) in [6.45, 7) is 3.74. The van der Waals surface area contributed by atoms with Crippen molar-refractivity contribution >= 4 is 11.7 Å². The van der Waals surface area contributed by atoms with E-state index in [9.17, 15) is 4.79 Å². The average Bonchev–Trinajstić information content (AvgIpc) is 2.39. The van der Waals surface area contributed by atoms with Gasteiger partial charge >= 0.3 is 0 Å². The van der Waals surface area contributed by atoms with Gasteiger partial charge in [0.25, 0.3) is 5.91 Å². The number of hydrogen-bond acceptors (Lipinski definition) is 4. The minimum Gasteiger partial charge on any atom is -0.365 e. The molecule has 3 N–H and O–H groups in total. The van der Waals surface area contributed by atoms with Crippen LogP contribution in [0.3, 0.4) is 0 Å². The number of amides is 1. The van der Waals surface area contributed by atoms with Crippen LogP contribution < -0.4 is 16.0 Å². The Balaban J connectivity index is 2.38. The molecule has 0 aromatic carbocycles. The number of nitrogens with zero attached hydrogens (tertiary/aromatic N) is 2. The molecule has 2 heterocycles. The molecule has 1 unspecified atom stereocenters. The lowest BCUT2D eigenvalue weighted by atomic mass is 10.00. The second-order valence-electron chi connectivity index (χ2n) is 5.09. The number of pyridine rings is 1. The van der Waals surface area contributed by atoms with E-state index in [1.54, 1.807) is 6.20 Å². The van der Waals surface area contributed by atoms with E-state index in [1.807, 2.05) is 20.0 Å². The van der Waals surface area contributed by atoms with Crippen LogP contribution in [0.15, 0.2) is 12.3 Å². The molecule has 2 rings (SSSR count). The Morgan fingerprint density at radius 3 is 3.05 bits per heavy atom. The lowest BCUT2D eigenvalue weighted by Crippen LogP contribution is -2.46. The summed E-state index contributed by atoms with van der Waals surface area (Å²) < 4.78 is 0. The number of carbonyl (C=O) groups excluding carboxylic acids is 1. The molecule has 5 heteroatoms. The van der Waals surface area contributed by atoms with E-state index in [-0.39, 0.29) is 0 Å². The highest BCUT2D eigenvalue weighted by Crippen LogP contribution is 2.27. The molecule has 1 atom stereocenters. The molecule has 1 fully saturated rings. The number of aryl methyl sites for hydroxylation is 1. The number of nitrogens with one attached hydrogen (secondary N) is 1. The summed E-state index contributed by atoms with van der Waals surface area (Å²) >= 11 is 0. The first-order valence-electron chi connectivity index (χ1n) is 6.81. The minimum atomic E-state index is -0.394. The molecular formula is C14H22N4O. The highest BCUT2D eigenvalue weighted by molar-refractivity contribution is 5.99. The SMILES string of the molecule is CNCC1CCCCN1c1nccc(C)c1C(N)=O. The third-order valence-corrected chi connectivity index (χ3v) is 3.72. The van der Waals surface area contributed by atoms with Gasteiger partial charge in [0, 0.05) is 25.3 Å². The predicted molar refractivity (Wildman–Crippen MR) is 76.4 cm³/mol. The van der Waals surface area contributed by atoms with Crippen LogP contribution in [0.25, 0.3) is 0 Å². The maximum Gasteiger partial charge on any atom is 0.252 e. The lowest BCUT2D eigenvalue weighted by Gasteiger charge is -2.37. The summed E-state index contributed by atoms with van der Waals surface area (Å²) in [6, 6.07) is 2.21. The van der Waals surface area contributed by atoms with Crippen molar-refractivity contribution < 1.29 is 4.79 Å². The standard InChI is InChI=1S/C14H22N4O/c1-10-6-7-17-14(12(10)13(15)19)18-8-4-3-5-11(18)9-16-2/h6-7,11,16H,3-5,8-9H2,1-2H3,(H2,15,19). The fraction of sp³-hybridized carbons (Fsp3) is 0.571. The van der Waals surface area contributed by atoms with E-state index in [1.165, 1.54) is 6.42 Å². The van der Waals surface area contributed by atoms with Gasteiger partial charge < -0.3 is 16.0 Å². The van der Waals surface area contributed by atoms with E-state index in [2.05, 4.69) is 15.2 Å². The highest BCUT2D eigenvalue weighted by Gasteiger charge is 2.26. The third-order valence-electron chi connectivity index (χ3n) is 3.72. The Bertz CT molecular complexity index is 459. The predicted octanol–water partition coefficient (Wildman–Crippen LogP) is 1.07. The molecule has 0 bridgehead atoms. The van der Waals surface area contributed by atoms with Crippen LogP contribution in [0, 0.1) is 6.92 Å². The molecule has 1 aromatic heterocycles. The fourth-order valence-corrected chi connectivity index (χ4v) is 2.79. The van der Waals surface area contributed by atoms with Crippen LogP contribution in [0.4, 0.5) is 5.82 Å². The fourth-order valence-electron chi connectivity index (χ4n) is 2.79. The van der Waals surface area contributed by atoms with Crippen LogP contribution in [-0.2, 0) is 0 Å². The molecule has 0 radical (unpaired) electrons. The Morgan fingerprint density at radius 2 is 2.37 bits per heavy atom. The molecule has 0 aliphatic carbocycles. The van der Waals surface area contributed by atoms with E-state index < -0.39 is 5.91 Å². The number of hydrogen-bond donors (Lipinski definition) is 2. The van der Waals surface area contributed by atoms with E-state index >= 15 is 0 Å². The summed E-state index contributed by atoms with van der Waals surface area (Å²) in [6.07, 6.45) is 5.23. The first kappa shape index (κ1) is 13.8. The highest BCUT2D eigenvalue weighted by atomic mass is 16.1. The van der Waals surface area contributed by atoms with Crippen LogP contribution in [0.5, 0.6) is 0 Å². The second-order valence-corrected chi connectivity index (χ2v) is 5.09. The number of aromatic nitrogens is 1. The van der Waals surface area contributed by atoms with Gasteiger partial charge in [0.2, 0.25) is 0 Å². The van der Waals surface area contributed by atoms with Crippen LogP contribution in [0.1, 0.15) is 35.2 Å². The zero-order valence-corrected chi connectivity index (χ0v) is 11.6. The number of piperidine rings is 1. The van der Waals surface area contributed by atoms with Crippen molar-refractivity contribution in [1.29, 1.82) is 0 Å². The van der Waals surface area contributed by atoms with Gasteiger partial charge in [0.1, 0.15) is 5.82 Å². The summed E-state index contributed by atoms with van der Waals surface area (Å²) in [7, 11) is 1.95. The van der Waals surface area contributed by atoms with Gasteiger partial charge in [-0.25, -0.2) is 4.98 Å². The topological polar surface area (TPSA) is 71.2 Å². The summed E-state index contributed by atoms with van der Waals surface area (Å²) in [5, 5.41) is 3.21. The number of primary amides is 1. The van der Waals surface area contributed by atoms with Gasteiger partial charge in [-0.2, -0.15) is 0 Å². The summed E-state index contributed by atoms with van der Waals surface area (Å²) in [5.74, 6) is 0.349. The molecule has 104 valence electrons. The van der Waals surface area contributed by atoms with Crippen molar-refractivity contribution in [1.82, 2.24) is 10.3 Å². The lowest BCUT2D eigenvalue weighted by molar-refractivity contribution is 0.0999. The number of nitrogens with two attached hydrogens (primary N) is 1. The molecule has 1 aliphatic rings. The minimum absolute atomic E-state index is 0.381. The van der Waals surface area contributed by atoms with Gasteiger partial charge in [-0.05, 0) is 44.9 Å². The van der Waals surface area contributed by atoms with Crippen LogP contribution in [0.2, 0.25) is 0 Å². The third kappa shape index (κ3) is 2.87. The average molecular weight is 262 g/mol. The molecule has 1 aromatic rings. The molecule has 0 spiro atoms. The van der Waals surface area contributed by atoms with E-state index in [0.717, 1.165) is 37.3 Å². The van der Waals surface area contributed by atoms with Gasteiger partial charge in [0.05, 0.1) is 5.56 Å². The molecule has 5 nitrogen and oxygen atoms in total. The number of anilines is 1. The Labute approximate surface area is 114 Å². The van der Waals surface area contributed by atoms with Crippen molar-refractivity contribution in [3.63, 3.8) is 0 Å². The van der Waals surface area contributed by atoms with Gasteiger partial charge in [0.15, 0.2) is 0 Å². The number of carbonyl (C=O) groups is 1. The first-order valence-corrected chi connectivity index (χ1v) is 6.81. The maximum absolute atomic E-state index is 11.7. The smallest absolute Gasteiger partial charge is 0.252 e. The molecule has 1 saturated heterocycles. The first-order chi connectivity index (χ1) is 9.15. The zero-order valence-electron chi connectivity index (χ0n) is 11.6. The molecule has 1 aliphatic heterocycles. The van der Waals surface area contributed by atoms with E-state index in [0.29, 0.717) is 11.6 Å². The quantitative estimate of drug-likeness (QED) is 0.851. The zero-order chi connectivity index (χ0) is 13.8. The van der Waals surface area contributed by atoms with Crippen LogP contribution >= 0.6 is 0 Å². The molecule has 1 amide bonds. The van der Waals surface area contributed by atoms with Crippen molar-refractivity contribution in [2.24, 2.45) is 5.73 Å². The van der Waals surface area contributed by atoms with Crippen LogP contribution in [-0.4, -0.2) is 37.1 Å². The molecule has 19 heavy (non-hydrogen) atoms. The number of likely N-dealkylation sites (N-methyl/N-ethyl adjacent to an activating group) is 1. The van der Waals surface area contributed by atoms with Crippen molar-refractivity contribution in [2.75, 3.05) is 25.0 Å².